The van der Waals surface area contributed by atoms with Crippen LogP contribution < -0.4 is 10.6 Å². The van der Waals surface area contributed by atoms with Crippen LogP contribution in [0.4, 0.5) is 4.39 Å². The van der Waals surface area contributed by atoms with Crippen LogP contribution in [0.3, 0.4) is 0 Å². The zero-order valence-corrected chi connectivity index (χ0v) is 11.8. The summed E-state index contributed by atoms with van der Waals surface area (Å²) < 4.78 is 12.9. The molecule has 2 N–H and O–H groups in total. The maximum atomic E-state index is 12.9. The van der Waals surface area contributed by atoms with E-state index in [2.05, 4.69) is 10.6 Å². The SMILES string of the molecule is CNCC(=O)NC(c1ccc(F)cc1)C1CCC1.Cl. The second-order valence-corrected chi connectivity index (χ2v) is 4.82. The Morgan fingerprint density at radius 1 is 1.37 bits per heavy atom. The molecule has 0 saturated heterocycles. The summed E-state index contributed by atoms with van der Waals surface area (Å²) in [6.07, 6.45) is 3.47. The van der Waals surface area contributed by atoms with E-state index in [1.165, 1.54) is 18.6 Å². The Bertz CT molecular complexity index is 406. The predicted octanol–water partition coefficient (Wildman–Crippen LogP) is 2.42. The smallest absolute Gasteiger partial charge is 0.234 e. The number of nitrogens with one attached hydrogen (secondary N) is 2. The number of carbonyl (C=O) groups excluding carboxylic acids is 1. The number of hydrogen-bond donors (Lipinski definition) is 2. The van der Waals surface area contributed by atoms with Gasteiger partial charge in [0.15, 0.2) is 0 Å². The summed E-state index contributed by atoms with van der Waals surface area (Å²) >= 11 is 0. The number of hydrogen-bond acceptors (Lipinski definition) is 2. The Morgan fingerprint density at radius 3 is 2.47 bits per heavy atom. The second-order valence-electron chi connectivity index (χ2n) is 4.82. The van der Waals surface area contributed by atoms with Crippen LogP contribution in [0.2, 0.25) is 0 Å². The van der Waals surface area contributed by atoms with E-state index < -0.39 is 0 Å². The third-order valence-electron chi connectivity index (χ3n) is 3.50. The molecule has 1 aromatic rings. The summed E-state index contributed by atoms with van der Waals surface area (Å²) in [4.78, 5) is 11.7. The molecule has 106 valence electrons. The van der Waals surface area contributed by atoms with Gasteiger partial charge < -0.3 is 10.6 Å². The van der Waals surface area contributed by atoms with Crippen molar-refractivity contribution in [1.82, 2.24) is 10.6 Å². The molecule has 5 heteroatoms. The molecular weight excluding hydrogens is 267 g/mol. The molecule has 1 aromatic carbocycles. The highest BCUT2D eigenvalue weighted by atomic mass is 35.5. The quantitative estimate of drug-likeness (QED) is 0.873. The van der Waals surface area contributed by atoms with E-state index in [-0.39, 0.29) is 30.2 Å². The van der Waals surface area contributed by atoms with Gasteiger partial charge in [0.1, 0.15) is 5.82 Å². The molecule has 0 aliphatic heterocycles. The van der Waals surface area contributed by atoms with Gasteiger partial charge in [0, 0.05) is 0 Å². The topological polar surface area (TPSA) is 41.1 Å². The number of rotatable bonds is 5. The van der Waals surface area contributed by atoms with Crippen LogP contribution in [0, 0.1) is 11.7 Å². The lowest BCUT2D eigenvalue weighted by Crippen LogP contribution is -2.40. The highest BCUT2D eigenvalue weighted by Gasteiger charge is 2.29. The summed E-state index contributed by atoms with van der Waals surface area (Å²) in [6.45, 7) is 0.310. The van der Waals surface area contributed by atoms with Crippen molar-refractivity contribution in [3.8, 4) is 0 Å². The number of carbonyl (C=O) groups is 1. The van der Waals surface area contributed by atoms with Crippen LogP contribution in [0.15, 0.2) is 24.3 Å². The Labute approximate surface area is 119 Å². The molecule has 3 nitrogen and oxygen atoms in total. The summed E-state index contributed by atoms with van der Waals surface area (Å²) in [5.41, 5.74) is 0.991. The molecule has 19 heavy (non-hydrogen) atoms. The standard InChI is InChI=1S/C14H19FN2O.ClH/c1-16-9-13(18)17-14(10-3-2-4-10)11-5-7-12(15)8-6-11;/h5-8,10,14,16H,2-4,9H2,1H3,(H,17,18);1H. The summed E-state index contributed by atoms with van der Waals surface area (Å²) in [6, 6.07) is 6.44. The van der Waals surface area contributed by atoms with E-state index in [0.29, 0.717) is 12.5 Å². The van der Waals surface area contributed by atoms with Crippen molar-refractivity contribution in [2.75, 3.05) is 13.6 Å². The lowest BCUT2D eigenvalue weighted by molar-refractivity contribution is -0.121. The van der Waals surface area contributed by atoms with Crippen molar-refractivity contribution in [2.24, 2.45) is 5.92 Å². The van der Waals surface area contributed by atoms with E-state index in [9.17, 15) is 9.18 Å². The highest BCUT2D eigenvalue weighted by Crippen LogP contribution is 2.37. The molecule has 1 amide bonds. The Kier molecular flexibility index (Phi) is 6.25. The summed E-state index contributed by atoms with van der Waals surface area (Å²) in [5.74, 6) is 0.225. The van der Waals surface area contributed by atoms with Crippen molar-refractivity contribution in [3.05, 3.63) is 35.6 Å². The Morgan fingerprint density at radius 2 is 2.00 bits per heavy atom. The van der Waals surface area contributed by atoms with Gasteiger partial charge in [-0.05, 0) is 43.5 Å². The molecule has 1 saturated carbocycles. The Hall–Kier alpha value is -1.13. The number of halogens is 2. The van der Waals surface area contributed by atoms with Crippen LogP contribution in [0.5, 0.6) is 0 Å². The molecule has 1 unspecified atom stereocenters. The molecule has 0 bridgehead atoms. The average Bonchev–Trinajstić information content (AvgIpc) is 2.27. The molecule has 1 fully saturated rings. The van der Waals surface area contributed by atoms with Gasteiger partial charge in [0.25, 0.3) is 0 Å². The van der Waals surface area contributed by atoms with Crippen LogP contribution in [-0.4, -0.2) is 19.5 Å². The molecule has 0 spiro atoms. The minimum absolute atomic E-state index is 0. The summed E-state index contributed by atoms with van der Waals surface area (Å²) in [5, 5.41) is 5.87. The maximum absolute atomic E-state index is 12.9. The van der Waals surface area contributed by atoms with Crippen molar-refractivity contribution < 1.29 is 9.18 Å². The molecule has 2 rings (SSSR count). The zero-order valence-electron chi connectivity index (χ0n) is 11.0. The predicted molar refractivity (Wildman–Crippen MR) is 75.8 cm³/mol. The van der Waals surface area contributed by atoms with E-state index in [0.717, 1.165) is 18.4 Å². The van der Waals surface area contributed by atoms with Gasteiger partial charge in [0.2, 0.25) is 5.91 Å². The first-order valence-electron chi connectivity index (χ1n) is 6.40. The fourth-order valence-corrected chi connectivity index (χ4v) is 2.30. The number of benzene rings is 1. The van der Waals surface area contributed by atoms with Crippen LogP contribution in [0.25, 0.3) is 0 Å². The van der Waals surface area contributed by atoms with E-state index in [1.54, 1.807) is 19.2 Å². The second kappa shape index (κ2) is 7.46. The van der Waals surface area contributed by atoms with Crippen LogP contribution >= 0.6 is 12.4 Å². The monoisotopic (exact) mass is 286 g/mol. The van der Waals surface area contributed by atoms with Crippen molar-refractivity contribution >= 4 is 18.3 Å². The van der Waals surface area contributed by atoms with Crippen molar-refractivity contribution in [1.29, 1.82) is 0 Å². The van der Waals surface area contributed by atoms with E-state index in [4.69, 9.17) is 0 Å². The Balaban J connectivity index is 0.00000180. The normalized spacial score (nSPS) is 16.1. The molecule has 0 heterocycles. The minimum Gasteiger partial charge on any atom is -0.348 e. The maximum Gasteiger partial charge on any atom is 0.234 e. The molecule has 1 atom stereocenters. The lowest BCUT2D eigenvalue weighted by atomic mass is 9.77. The fraction of sp³-hybridized carbons (Fsp3) is 0.500. The van der Waals surface area contributed by atoms with E-state index in [1.807, 2.05) is 0 Å². The fourth-order valence-electron chi connectivity index (χ4n) is 2.30. The molecule has 1 aliphatic carbocycles. The van der Waals surface area contributed by atoms with E-state index >= 15 is 0 Å². The molecular formula is C14H20ClFN2O. The molecule has 0 radical (unpaired) electrons. The van der Waals surface area contributed by atoms with Crippen LogP contribution in [-0.2, 0) is 4.79 Å². The number of likely N-dealkylation sites (N-methyl/N-ethyl adjacent to an activating group) is 1. The largest absolute Gasteiger partial charge is 0.348 e. The first-order valence-corrected chi connectivity index (χ1v) is 6.40. The first-order chi connectivity index (χ1) is 8.70. The van der Waals surface area contributed by atoms with Gasteiger partial charge in [-0.2, -0.15) is 0 Å². The minimum atomic E-state index is -0.243. The van der Waals surface area contributed by atoms with Crippen molar-refractivity contribution in [2.45, 2.75) is 25.3 Å². The van der Waals surface area contributed by atoms with Gasteiger partial charge in [-0.25, -0.2) is 4.39 Å². The van der Waals surface area contributed by atoms with Gasteiger partial charge in [0.05, 0.1) is 12.6 Å². The van der Waals surface area contributed by atoms with Crippen LogP contribution in [0.1, 0.15) is 30.9 Å². The zero-order chi connectivity index (χ0) is 13.0. The third-order valence-corrected chi connectivity index (χ3v) is 3.50. The third kappa shape index (κ3) is 4.18. The van der Waals surface area contributed by atoms with Crippen molar-refractivity contribution in [3.63, 3.8) is 0 Å². The summed E-state index contributed by atoms with van der Waals surface area (Å²) in [7, 11) is 1.75. The number of amides is 1. The first kappa shape index (κ1) is 15.9. The van der Waals surface area contributed by atoms with Gasteiger partial charge in [-0.3, -0.25) is 4.79 Å². The molecule has 0 aromatic heterocycles. The lowest BCUT2D eigenvalue weighted by Gasteiger charge is -2.34. The average molecular weight is 287 g/mol. The van der Waals surface area contributed by atoms with Gasteiger partial charge in [-0.1, -0.05) is 18.6 Å². The van der Waals surface area contributed by atoms with Gasteiger partial charge in [-0.15, -0.1) is 12.4 Å². The molecule has 1 aliphatic rings. The van der Waals surface area contributed by atoms with Gasteiger partial charge >= 0.3 is 0 Å². The highest BCUT2D eigenvalue weighted by molar-refractivity contribution is 5.85.